The smallest absolute Gasteiger partial charge is 0.203 e. The van der Waals surface area contributed by atoms with Gasteiger partial charge < -0.3 is 0 Å². The van der Waals surface area contributed by atoms with Gasteiger partial charge in [-0.2, -0.15) is 9.65 Å². The van der Waals surface area contributed by atoms with Gasteiger partial charge in [0.1, 0.15) is 0 Å². The maximum atomic E-state index is 12.9. The number of rotatable bonds is 1. The quantitative estimate of drug-likeness (QED) is 0.661. The maximum absolute atomic E-state index is 12.9. The second-order valence-corrected chi connectivity index (χ2v) is 2.49. The van der Waals surface area contributed by atoms with Gasteiger partial charge >= 0.3 is 0 Å². The van der Waals surface area contributed by atoms with E-state index in [4.69, 9.17) is 16.9 Å². The molecule has 13 heavy (non-hydrogen) atoms. The van der Waals surface area contributed by atoms with Crippen molar-refractivity contribution in [3.05, 3.63) is 28.3 Å². The Labute approximate surface area is 76.6 Å². The number of aromatic nitrogens is 1. The average Bonchev–Trinajstić information content (AvgIpc) is 2.09. The molecule has 0 radical (unpaired) electrons. The standard InChI is InChI=1S/C7H2ClF3N2/c8-6-4(9)3(1-2-12)5(10)7(11)13-6/h1H2. The van der Waals surface area contributed by atoms with Crippen LogP contribution in [0, 0.1) is 28.9 Å². The molecule has 0 bridgehead atoms. The maximum Gasteiger partial charge on any atom is 0.250 e. The van der Waals surface area contributed by atoms with Crippen LogP contribution in [0.25, 0.3) is 0 Å². The van der Waals surface area contributed by atoms with Crippen LogP contribution in [0.2, 0.25) is 5.15 Å². The minimum absolute atomic E-state index is 0.586. The zero-order valence-electron chi connectivity index (χ0n) is 6.11. The second-order valence-electron chi connectivity index (χ2n) is 2.13. The third-order valence-electron chi connectivity index (χ3n) is 1.34. The summed E-state index contributed by atoms with van der Waals surface area (Å²) in [6.45, 7) is 0. The van der Waals surface area contributed by atoms with Crippen LogP contribution in [-0.4, -0.2) is 4.98 Å². The number of hydrogen-bond donors (Lipinski definition) is 0. The fraction of sp³-hybridized carbons (Fsp3) is 0.143. The lowest BCUT2D eigenvalue weighted by Gasteiger charge is -2.01. The lowest BCUT2D eigenvalue weighted by molar-refractivity contribution is 0.454. The van der Waals surface area contributed by atoms with E-state index in [9.17, 15) is 13.2 Å². The van der Waals surface area contributed by atoms with Crippen molar-refractivity contribution in [2.24, 2.45) is 0 Å². The van der Waals surface area contributed by atoms with E-state index < -0.39 is 34.7 Å². The number of nitriles is 1. The third kappa shape index (κ3) is 1.73. The SMILES string of the molecule is N#CCc1c(F)c(F)nc(Cl)c1F. The monoisotopic (exact) mass is 206 g/mol. The Morgan fingerprint density at radius 1 is 1.31 bits per heavy atom. The highest BCUT2D eigenvalue weighted by Crippen LogP contribution is 2.20. The van der Waals surface area contributed by atoms with E-state index in [2.05, 4.69) is 4.98 Å². The third-order valence-corrected chi connectivity index (χ3v) is 1.59. The molecule has 6 heteroatoms. The first-order valence-electron chi connectivity index (χ1n) is 3.13. The zero-order valence-corrected chi connectivity index (χ0v) is 6.87. The van der Waals surface area contributed by atoms with E-state index in [0.29, 0.717) is 0 Å². The highest BCUT2D eigenvalue weighted by molar-refractivity contribution is 6.29. The van der Waals surface area contributed by atoms with Crippen LogP contribution >= 0.6 is 11.6 Å². The summed E-state index contributed by atoms with van der Waals surface area (Å²) in [5.41, 5.74) is -0.694. The van der Waals surface area contributed by atoms with E-state index in [1.54, 1.807) is 0 Å². The Morgan fingerprint density at radius 3 is 2.46 bits per heavy atom. The number of halogens is 4. The molecule has 0 N–H and O–H groups in total. The van der Waals surface area contributed by atoms with Gasteiger partial charge in [-0.3, -0.25) is 0 Å². The molecule has 1 aromatic rings. The molecule has 0 fully saturated rings. The van der Waals surface area contributed by atoms with Gasteiger partial charge in [0.25, 0.3) is 5.95 Å². The molecule has 0 aliphatic heterocycles. The van der Waals surface area contributed by atoms with Gasteiger partial charge in [-0.25, -0.2) is 13.8 Å². The van der Waals surface area contributed by atoms with E-state index in [1.165, 1.54) is 6.07 Å². The zero-order chi connectivity index (χ0) is 10.0. The molecule has 1 heterocycles. The summed E-state index contributed by atoms with van der Waals surface area (Å²) in [5.74, 6) is -4.16. The Kier molecular flexibility index (Phi) is 2.73. The topological polar surface area (TPSA) is 36.7 Å². The highest BCUT2D eigenvalue weighted by Gasteiger charge is 2.18. The number of hydrogen-bond acceptors (Lipinski definition) is 2. The van der Waals surface area contributed by atoms with Crippen LogP contribution in [0.15, 0.2) is 0 Å². The second kappa shape index (κ2) is 3.62. The van der Waals surface area contributed by atoms with E-state index in [-0.39, 0.29) is 0 Å². The van der Waals surface area contributed by atoms with Crippen LogP contribution in [0.4, 0.5) is 13.2 Å². The van der Waals surface area contributed by atoms with Crippen molar-refractivity contribution >= 4 is 11.6 Å². The minimum Gasteiger partial charge on any atom is -0.203 e. The van der Waals surface area contributed by atoms with Crippen LogP contribution < -0.4 is 0 Å². The molecule has 0 aromatic carbocycles. The highest BCUT2D eigenvalue weighted by atomic mass is 35.5. The molecule has 0 amide bonds. The van der Waals surface area contributed by atoms with Gasteiger partial charge in [-0.1, -0.05) is 11.6 Å². The van der Waals surface area contributed by atoms with Crippen LogP contribution in [0.1, 0.15) is 5.56 Å². The predicted octanol–water partition coefficient (Wildman–Crippen LogP) is 2.22. The molecule has 0 unspecified atom stereocenters. The summed E-state index contributed by atoms with van der Waals surface area (Å²) >= 11 is 5.12. The lowest BCUT2D eigenvalue weighted by Crippen LogP contribution is -2.02. The largest absolute Gasteiger partial charge is 0.250 e. The number of nitrogens with zero attached hydrogens (tertiary/aromatic N) is 2. The van der Waals surface area contributed by atoms with Gasteiger partial charge in [0, 0.05) is 5.56 Å². The molecule has 1 rings (SSSR count). The van der Waals surface area contributed by atoms with Crippen molar-refractivity contribution in [3.63, 3.8) is 0 Å². The first-order valence-corrected chi connectivity index (χ1v) is 3.51. The summed E-state index contributed by atoms with van der Waals surface area (Å²) in [7, 11) is 0. The number of pyridine rings is 1. The van der Waals surface area contributed by atoms with E-state index in [0.717, 1.165) is 0 Å². The summed E-state index contributed by atoms with van der Waals surface area (Å²) < 4.78 is 38.1. The van der Waals surface area contributed by atoms with Crippen LogP contribution in [0.3, 0.4) is 0 Å². The summed E-state index contributed by atoms with van der Waals surface area (Å²) in [6, 6.07) is 1.49. The van der Waals surface area contributed by atoms with Crippen LogP contribution in [0.5, 0.6) is 0 Å². The average molecular weight is 207 g/mol. The van der Waals surface area contributed by atoms with Gasteiger partial charge in [0.05, 0.1) is 12.5 Å². The molecule has 0 atom stereocenters. The summed E-state index contributed by atoms with van der Waals surface area (Å²) in [5, 5.41) is 7.41. The molecule has 0 saturated carbocycles. The molecule has 0 saturated heterocycles. The molecule has 0 aliphatic carbocycles. The Balaban J connectivity index is 3.39. The van der Waals surface area contributed by atoms with Crippen LogP contribution in [-0.2, 0) is 6.42 Å². The minimum atomic E-state index is -1.50. The van der Waals surface area contributed by atoms with E-state index in [1.807, 2.05) is 0 Å². The molecule has 68 valence electrons. The van der Waals surface area contributed by atoms with Gasteiger partial charge in [-0.15, -0.1) is 0 Å². The van der Waals surface area contributed by atoms with Crippen molar-refractivity contribution in [3.8, 4) is 6.07 Å². The van der Waals surface area contributed by atoms with Crippen molar-refractivity contribution in [1.29, 1.82) is 5.26 Å². The molecule has 0 aliphatic rings. The molecule has 2 nitrogen and oxygen atoms in total. The molecule has 1 aromatic heterocycles. The summed E-state index contributed by atoms with van der Waals surface area (Å²) in [6.07, 6.45) is -0.586. The normalized spacial score (nSPS) is 9.77. The van der Waals surface area contributed by atoms with Gasteiger partial charge in [-0.05, 0) is 0 Å². The molecular weight excluding hydrogens is 205 g/mol. The van der Waals surface area contributed by atoms with Crippen molar-refractivity contribution in [2.75, 3.05) is 0 Å². The molecular formula is C7H2ClF3N2. The first kappa shape index (κ1) is 9.81. The Bertz CT molecular complexity index is 360. The fourth-order valence-electron chi connectivity index (χ4n) is 0.764. The van der Waals surface area contributed by atoms with E-state index >= 15 is 0 Å². The predicted molar refractivity (Wildman–Crippen MR) is 38.4 cm³/mol. The van der Waals surface area contributed by atoms with Crippen molar-refractivity contribution in [1.82, 2.24) is 4.98 Å². The van der Waals surface area contributed by atoms with Gasteiger partial charge in [0.15, 0.2) is 16.8 Å². The van der Waals surface area contributed by atoms with Gasteiger partial charge in [0.2, 0.25) is 0 Å². The Hall–Kier alpha value is -1.28. The van der Waals surface area contributed by atoms with Crippen molar-refractivity contribution < 1.29 is 13.2 Å². The Morgan fingerprint density at radius 2 is 1.92 bits per heavy atom. The lowest BCUT2D eigenvalue weighted by atomic mass is 10.2. The fourth-order valence-corrected chi connectivity index (χ4v) is 0.952. The molecule has 0 spiro atoms. The van der Waals surface area contributed by atoms with Crippen molar-refractivity contribution in [2.45, 2.75) is 6.42 Å². The first-order chi connectivity index (χ1) is 6.07. The summed E-state index contributed by atoms with van der Waals surface area (Å²) in [4.78, 5) is 2.75.